The minimum atomic E-state index is 0.617. The Morgan fingerprint density at radius 1 is 0.812 bits per heavy atom. The third kappa shape index (κ3) is 9.42. The number of hydrogen-bond donors (Lipinski definition) is 4. The summed E-state index contributed by atoms with van der Waals surface area (Å²) in [5.74, 6) is 0. The van der Waals surface area contributed by atoms with E-state index < -0.39 is 0 Å². The molecule has 16 heavy (non-hydrogen) atoms. The van der Waals surface area contributed by atoms with E-state index in [1.165, 1.54) is 0 Å². The summed E-state index contributed by atoms with van der Waals surface area (Å²) in [6.07, 6.45) is 3.50. The Kier molecular flexibility index (Phi) is 9.64. The fraction of sp³-hybridized carbons (Fsp3) is 0.400. The molecule has 0 aromatic heterocycles. The summed E-state index contributed by atoms with van der Waals surface area (Å²) in [5.41, 5.74) is 0. The molecule has 0 unspecified atom stereocenters. The molecule has 0 amide bonds. The van der Waals surface area contributed by atoms with Gasteiger partial charge >= 0.3 is 0 Å². The maximum Gasteiger partial charge on any atom is 0.166 e. The molecule has 0 rings (SSSR count). The van der Waals surface area contributed by atoms with Crippen LogP contribution >= 0.6 is 24.4 Å². The Hall–Kier alpha value is -1.14. The summed E-state index contributed by atoms with van der Waals surface area (Å²) in [5, 5.41) is 13.2. The van der Waals surface area contributed by atoms with Crippen molar-refractivity contribution in [3.8, 4) is 0 Å². The lowest BCUT2D eigenvalue weighted by molar-refractivity contribution is 0.786. The van der Waals surface area contributed by atoms with Crippen LogP contribution in [0.4, 0.5) is 0 Å². The fourth-order valence-corrected chi connectivity index (χ4v) is 1.18. The van der Waals surface area contributed by atoms with Crippen LogP contribution in [0.2, 0.25) is 0 Å². The minimum absolute atomic E-state index is 0.617. The van der Waals surface area contributed by atoms with E-state index in [1.54, 1.807) is 12.2 Å². The van der Waals surface area contributed by atoms with Crippen molar-refractivity contribution < 1.29 is 0 Å². The number of nitrogens with one attached hydrogen (secondary N) is 4. The second kappa shape index (κ2) is 10.4. The molecule has 0 aromatic rings. The highest BCUT2D eigenvalue weighted by atomic mass is 32.1. The van der Waals surface area contributed by atoms with Crippen molar-refractivity contribution >= 4 is 34.7 Å². The minimum Gasteiger partial charge on any atom is -0.361 e. The molecule has 0 bridgehead atoms. The van der Waals surface area contributed by atoms with Gasteiger partial charge in [-0.1, -0.05) is 12.2 Å². The van der Waals surface area contributed by atoms with Gasteiger partial charge in [0, 0.05) is 26.2 Å². The van der Waals surface area contributed by atoms with Crippen LogP contribution in [-0.4, -0.2) is 36.4 Å². The van der Waals surface area contributed by atoms with E-state index in [0.717, 1.165) is 0 Å². The van der Waals surface area contributed by atoms with Gasteiger partial charge in [0.15, 0.2) is 10.2 Å². The third-order valence-electron chi connectivity index (χ3n) is 1.51. The van der Waals surface area contributed by atoms with Gasteiger partial charge in [-0.25, -0.2) is 0 Å². The molecule has 90 valence electrons. The molecular weight excluding hydrogens is 240 g/mol. The van der Waals surface area contributed by atoms with Crippen molar-refractivity contribution in [2.45, 2.75) is 0 Å². The molecule has 4 nitrogen and oxygen atoms in total. The standard InChI is InChI=1S/C10H18N4S2/c1-3-5-11-9(15)13-7-8-14-10(16)12-6-4-2/h3-4H,1-2,5-8H2,(H2,11,13,15)(H2,12,14,16). The van der Waals surface area contributed by atoms with Gasteiger partial charge in [-0.15, -0.1) is 13.2 Å². The first-order chi connectivity index (χ1) is 7.70. The first-order valence-corrected chi connectivity index (χ1v) is 5.77. The zero-order valence-electron chi connectivity index (χ0n) is 9.21. The summed E-state index contributed by atoms with van der Waals surface area (Å²) >= 11 is 10.0. The monoisotopic (exact) mass is 258 g/mol. The highest BCUT2D eigenvalue weighted by Crippen LogP contribution is 1.70. The lowest BCUT2D eigenvalue weighted by Crippen LogP contribution is -2.42. The van der Waals surface area contributed by atoms with E-state index >= 15 is 0 Å². The zero-order chi connectivity index (χ0) is 12.2. The zero-order valence-corrected chi connectivity index (χ0v) is 10.8. The van der Waals surface area contributed by atoms with Crippen molar-refractivity contribution in [2.75, 3.05) is 26.2 Å². The average Bonchev–Trinajstić information content (AvgIpc) is 2.29. The van der Waals surface area contributed by atoms with Crippen molar-refractivity contribution in [1.29, 1.82) is 0 Å². The van der Waals surface area contributed by atoms with Crippen LogP contribution in [0.1, 0.15) is 0 Å². The van der Waals surface area contributed by atoms with Crippen LogP contribution in [0.3, 0.4) is 0 Å². The van der Waals surface area contributed by atoms with E-state index in [-0.39, 0.29) is 0 Å². The summed E-state index contributed by atoms with van der Waals surface area (Å²) in [4.78, 5) is 0. The second-order valence-electron chi connectivity index (χ2n) is 2.85. The molecule has 0 heterocycles. The van der Waals surface area contributed by atoms with Gasteiger partial charge in [0.2, 0.25) is 0 Å². The molecule has 0 aromatic carbocycles. The summed E-state index contributed by atoms with van der Waals surface area (Å²) in [7, 11) is 0. The summed E-state index contributed by atoms with van der Waals surface area (Å²) in [6, 6.07) is 0. The summed E-state index contributed by atoms with van der Waals surface area (Å²) < 4.78 is 0. The molecule has 0 saturated carbocycles. The predicted molar refractivity (Wildman–Crippen MR) is 77.6 cm³/mol. The van der Waals surface area contributed by atoms with Gasteiger partial charge in [-0.2, -0.15) is 0 Å². The molecule has 0 atom stereocenters. The predicted octanol–water partition coefficient (Wildman–Crippen LogP) is 0.287. The van der Waals surface area contributed by atoms with Gasteiger partial charge in [0.05, 0.1) is 0 Å². The molecule has 0 aliphatic carbocycles. The highest BCUT2D eigenvalue weighted by Gasteiger charge is 1.94. The third-order valence-corrected chi connectivity index (χ3v) is 2.09. The van der Waals surface area contributed by atoms with E-state index in [0.29, 0.717) is 36.4 Å². The number of thiocarbonyl (C=S) groups is 2. The SMILES string of the molecule is C=CCNC(=S)NCCNC(=S)NCC=C. The number of hydrogen-bond acceptors (Lipinski definition) is 2. The van der Waals surface area contributed by atoms with E-state index in [4.69, 9.17) is 24.4 Å². The Bertz CT molecular complexity index is 227. The summed E-state index contributed by atoms with van der Waals surface area (Å²) in [6.45, 7) is 9.92. The molecule has 0 aliphatic heterocycles. The average molecular weight is 258 g/mol. The van der Waals surface area contributed by atoms with Crippen molar-refractivity contribution in [3.05, 3.63) is 25.3 Å². The van der Waals surface area contributed by atoms with Gasteiger partial charge < -0.3 is 21.3 Å². The molecule has 0 spiro atoms. The molecule has 0 aliphatic rings. The van der Waals surface area contributed by atoms with Crippen LogP contribution in [0, 0.1) is 0 Å². The van der Waals surface area contributed by atoms with E-state index in [2.05, 4.69) is 34.4 Å². The molecule has 6 heteroatoms. The smallest absolute Gasteiger partial charge is 0.166 e. The number of rotatable bonds is 7. The van der Waals surface area contributed by atoms with Gasteiger partial charge in [-0.05, 0) is 24.4 Å². The lowest BCUT2D eigenvalue weighted by atomic mass is 10.6. The lowest BCUT2D eigenvalue weighted by Gasteiger charge is -2.11. The topological polar surface area (TPSA) is 48.1 Å². The van der Waals surface area contributed by atoms with Gasteiger partial charge in [0.1, 0.15) is 0 Å². The van der Waals surface area contributed by atoms with Crippen molar-refractivity contribution in [3.63, 3.8) is 0 Å². The van der Waals surface area contributed by atoms with E-state index in [1.807, 2.05) is 0 Å². The molecule has 4 N–H and O–H groups in total. The van der Waals surface area contributed by atoms with Crippen LogP contribution < -0.4 is 21.3 Å². The molecule has 0 radical (unpaired) electrons. The largest absolute Gasteiger partial charge is 0.361 e. The quantitative estimate of drug-likeness (QED) is 0.299. The normalized spacial score (nSPS) is 8.75. The van der Waals surface area contributed by atoms with Crippen LogP contribution in [0.25, 0.3) is 0 Å². The van der Waals surface area contributed by atoms with E-state index in [9.17, 15) is 0 Å². The Morgan fingerprint density at radius 2 is 1.19 bits per heavy atom. The highest BCUT2D eigenvalue weighted by molar-refractivity contribution is 7.80. The van der Waals surface area contributed by atoms with Crippen LogP contribution in [-0.2, 0) is 0 Å². The Labute approximate surface area is 108 Å². The molecule has 0 fully saturated rings. The Morgan fingerprint density at radius 3 is 1.50 bits per heavy atom. The van der Waals surface area contributed by atoms with Gasteiger partial charge in [0.25, 0.3) is 0 Å². The second-order valence-corrected chi connectivity index (χ2v) is 3.67. The maximum atomic E-state index is 5.01. The Balaban J connectivity index is 3.37. The van der Waals surface area contributed by atoms with Crippen LogP contribution in [0.5, 0.6) is 0 Å². The van der Waals surface area contributed by atoms with Crippen molar-refractivity contribution in [2.24, 2.45) is 0 Å². The first kappa shape index (κ1) is 14.9. The maximum absolute atomic E-state index is 5.01. The van der Waals surface area contributed by atoms with Gasteiger partial charge in [-0.3, -0.25) is 0 Å². The van der Waals surface area contributed by atoms with Crippen molar-refractivity contribution in [1.82, 2.24) is 21.3 Å². The molecular formula is C10H18N4S2. The fourth-order valence-electron chi connectivity index (χ4n) is 0.807. The molecule has 0 saturated heterocycles. The first-order valence-electron chi connectivity index (χ1n) is 4.96. The van der Waals surface area contributed by atoms with Crippen LogP contribution in [0.15, 0.2) is 25.3 Å².